The van der Waals surface area contributed by atoms with Gasteiger partial charge in [-0.3, -0.25) is 0 Å². The summed E-state index contributed by atoms with van der Waals surface area (Å²) in [5.41, 5.74) is -0.908. The van der Waals surface area contributed by atoms with Gasteiger partial charge in [0, 0.05) is 5.41 Å². The van der Waals surface area contributed by atoms with Crippen LogP contribution in [0.5, 0.6) is 0 Å². The Morgan fingerprint density at radius 3 is 2.26 bits per heavy atom. The molecule has 1 aromatic rings. The molecule has 0 N–H and O–H groups in total. The van der Waals surface area contributed by atoms with Crippen molar-refractivity contribution in [1.82, 2.24) is 0 Å². The summed E-state index contributed by atoms with van der Waals surface area (Å²) in [6, 6.07) is 9.88. The Morgan fingerprint density at radius 2 is 1.74 bits per heavy atom. The van der Waals surface area contributed by atoms with Crippen LogP contribution in [-0.2, 0) is 19.9 Å². The van der Waals surface area contributed by atoms with Gasteiger partial charge in [-0.15, -0.1) is 0 Å². The molecule has 0 spiro atoms. The Labute approximate surface area is 164 Å². The Hall–Kier alpha value is -1.35. The summed E-state index contributed by atoms with van der Waals surface area (Å²) in [5, 5.41) is 0. The molecule has 3 nitrogen and oxygen atoms in total. The monoisotopic (exact) mass is 372 g/mol. The summed E-state index contributed by atoms with van der Waals surface area (Å²) < 4.78 is 12.6. The molecule has 1 aromatic carbocycles. The van der Waals surface area contributed by atoms with Crippen molar-refractivity contribution in [1.29, 1.82) is 0 Å². The van der Waals surface area contributed by atoms with Crippen LogP contribution in [0, 0.1) is 23.2 Å². The fraction of sp³-hybridized carbons (Fsp3) is 0.708. The number of hydrogen-bond donors (Lipinski definition) is 0. The van der Waals surface area contributed by atoms with E-state index >= 15 is 0 Å². The highest BCUT2D eigenvalue weighted by atomic mass is 16.6. The Kier molecular flexibility index (Phi) is 5.22. The van der Waals surface area contributed by atoms with Crippen molar-refractivity contribution < 1.29 is 14.3 Å². The summed E-state index contributed by atoms with van der Waals surface area (Å²) in [6.07, 6.45) is 3.27. The normalized spacial score (nSPS) is 34.7. The van der Waals surface area contributed by atoms with E-state index in [2.05, 4.69) is 48.5 Å². The van der Waals surface area contributed by atoms with Crippen molar-refractivity contribution in [3.8, 4) is 0 Å². The lowest BCUT2D eigenvalue weighted by molar-refractivity contribution is -0.355. The van der Waals surface area contributed by atoms with E-state index in [1.165, 1.54) is 6.42 Å². The van der Waals surface area contributed by atoms with Crippen molar-refractivity contribution in [2.24, 2.45) is 23.2 Å². The molecule has 0 aromatic heterocycles. The van der Waals surface area contributed by atoms with Crippen LogP contribution in [0.2, 0.25) is 0 Å². The summed E-state index contributed by atoms with van der Waals surface area (Å²) >= 11 is 0. The molecule has 1 saturated heterocycles. The van der Waals surface area contributed by atoms with Crippen LogP contribution >= 0.6 is 0 Å². The average Bonchev–Trinajstić information content (AvgIpc) is 2.59. The first-order valence-corrected chi connectivity index (χ1v) is 10.5. The molecule has 3 rings (SSSR count). The number of ether oxygens (including phenoxy) is 2. The number of rotatable bonds is 4. The van der Waals surface area contributed by atoms with Crippen molar-refractivity contribution in [2.45, 2.75) is 85.0 Å². The maximum atomic E-state index is 13.6. The van der Waals surface area contributed by atoms with Gasteiger partial charge in [0.05, 0.1) is 5.60 Å². The van der Waals surface area contributed by atoms with Crippen LogP contribution < -0.4 is 0 Å². The second-order valence-electron chi connectivity index (χ2n) is 10.1. The minimum absolute atomic E-state index is 0.0232. The number of benzene rings is 1. The van der Waals surface area contributed by atoms with E-state index in [9.17, 15) is 4.79 Å². The third-order valence-electron chi connectivity index (χ3n) is 7.48. The Balaban J connectivity index is 1.93. The highest BCUT2D eigenvalue weighted by Gasteiger charge is 2.72. The van der Waals surface area contributed by atoms with Crippen LogP contribution in [0.4, 0.5) is 0 Å². The number of hydrogen-bond acceptors (Lipinski definition) is 3. The minimum Gasteiger partial charge on any atom is -0.460 e. The quantitative estimate of drug-likeness (QED) is 0.634. The van der Waals surface area contributed by atoms with E-state index in [4.69, 9.17) is 9.47 Å². The fourth-order valence-electron chi connectivity index (χ4n) is 4.99. The van der Waals surface area contributed by atoms with Crippen molar-refractivity contribution in [3.63, 3.8) is 0 Å². The zero-order valence-corrected chi connectivity index (χ0v) is 18.0. The molecular weight excluding hydrogens is 336 g/mol. The van der Waals surface area contributed by atoms with Crippen LogP contribution in [0.15, 0.2) is 30.3 Å². The summed E-state index contributed by atoms with van der Waals surface area (Å²) in [4.78, 5) is 13.6. The molecule has 4 atom stereocenters. The lowest BCUT2D eigenvalue weighted by Gasteiger charge is -2.64. The molecule has 1 aliphatic heterocycles. The number of esters is 1. The lowest BCUT2D eigenvalue weighted by Crippen LogP contribution is -2.73. The van der Waals surface area contributed by atoms with E-state index in [0.29, 0.717) is 17.8 Å². The maximum absolute atomic E-state index is 13.6. The molecule has 0 amide bonds. The zero-order chi connectivity index (χ0) is 20.0. The molecule has 0 radical (unpaired) electrons. The lowest BCUT2D eigenvalue weighted by atomic mass is 9.56. The number of carbonyl (C=O) groups excluding carboxylic acids is 1. The molecule has 1 saturated carbocycles. The average molecular weight is 373 g/mol. The topological polar surface area (TPSA) is 35.5 Å². The molecule has 2 aliphatic rings. The van der Waals surface area contributed by atoms with Gasteiger partial charge in [0.25, 0.3) is 0 Å². The highest BCUT2D eigenvalue weighted by Crippen LogP contribution is 2.62. The van der Waals surface area contributed by atoms with Gasteiger partial charge in [-0.05, 0) is 50.0 Å². The molecule has 150 valence electrons. The molecule has 27 heavy (non-hydrogen) atoms. The van der Waals surface area contributed by atoms with Gasteiger partial charge >= 0.3 is 5.97 Å². The number of carbonyl (C=O) groups is 1. The Morgan fingerprint density at radius 1 is 1.11 bits per heavy atom. The molecule has 0 unspecified atom stereocenters. The summed E-state index contributed by atoms with van der Waals surface area (Å²) in [6.45, 7) is 15.1. The molecule has 2 fully saturated rings. The van der Waals surface area contributed by atoms with Gasteiger partial charge in [0.1, 0.15) is 6.10 Å². The molecule has 1 heterocycles. The van der Waals surface area contributed by atoms with E-state index in [0.717, 1.165) is 18.4 Å². The summed E-state index contributed by atoms with van der Waals surface area (Å²) in [5.74, 6) is 1.31. The predicted octanol–water partition coefficient (Wildman–Crippen LogP) is 5.72. The standard InChI is InChI=1S/C24H36O3/c1-16(2)19-14-13-17(3)15-20(19)26-21(25)24(18-11-9-8-10-12-18)22(4,5)23(6,7)27-24/h8-12,16-17,19-20H,13-15H2,1-7H3/t17-,19+,20-,24+/m1/s1. The first-order valence-electron chi connectivity index (χ1n) is 10.5. The maximum Gasteiger partial charge on any atom is 0.344 e. The van der Waals surface area contributed by atoms with Crippen molar-refractivity contribution in [2.75, 3.05) is 0 Å². The van der Waals surface area contributed by atoms with Crippen LogP contribution in [-0.4, -0.2) is 17.7 Å². The summed E-state index contributed by atoms with van der Waals surface area (Å²) in [7, 11) is 0. The second kappa shape index (κ2) is 6.92. The fourth-order valence-corrected chi connectivity index (χ4v) is 4.99. The van der Waals surface area contributed by atoms with Crippen molar-refractivity contribution >= 4 is 5.97 Å². The smallest absolute Gasteiger partial charge is 0.344 e. The van der Waals surface area contributed by atoms with Gasteiger partial charge < -0.3 is 9.47 Å². The van der Waals surface area contributed by atoms with Crippen molar-refractivity contribution in [3.05, 3.63) is 35.9 Å². The third-order valence-corrected chi connectivity index (χ3v) is 7.48. The van der Waals surface area contributed by atoms with Gasteiger partial charge in [0.2, 0.25) is 0 Å². The Bertz CT molecular complexity index is 676. The molecular formula is C24H36O3. The van der Waals surface area contributed by atoms with Gasteiger partial charge in [-0.1, -0.05) is 71.4 Å². The second-order valence-corrected chi connectivity index (χ2v) is 10.1. The van der Waals surface area contributed by atoms with E-state index in [1.807, 2.05) is 30.3 Å². The van der Waals surface area contributed by atoms with Gasteiger partial charge in [-0.25, -0.2) is 4.79 Å². The van der Waals surface area contributed by atoms with E-state index < -0.39 is 5.60 Å². The first kappa shape index (κ1) is 20.4. The van der Waals surface area contributed by atoms with Crippen LogP contribution in [0.3, 0.4) is 0 Å². The van der Waals surface area contributed by atoms with Gasteiger partial charge in [0.15, 0.2) is 5.60 Å². The van der Waals surface area contributed by atoms with Crippen LogP contribution in [0.1, 0.15) is 73.3 Å². The minimum atomic E-state index is -1.04. The van der Waals surface area contributed by atoms with Crippen LogP contribution in [0.25, 0.3) is 0 Å². The van der Waals surface area contributed by atoms with E-state index in [1.54, 1.807) is 0 Å². The predicted molar refractivity (Wildman–Crippen MR) is 108 cm³/mol. The largest absolute Gasteiger partial charge is 0.460 e. The molecule has 0 bridgehead atoms. The SMILES string of the molecule is CC(C)[C@@H]1CC[C@@H](C)C[C@H]1OC(=O)[C@]1(c2ccccc2)OC(C)(C)C1(C)C. The van der Waals surface area contributed by atoms with Gasteiger partial charge in [-0.2, -0.15) is 0 Å². The molecule has 1 aliphatic carbocycles. The van der Waals surface area contributed by atoms with E-state index in [-0.39, 0.29) is 23.1 Å². The molecule has 3 heteroatoms. The zero-order valence-electron chi connectivity index (χ0n) is 18.0. The highest BCUT2D eigenvalue weighted by molar-refractivity contribution is 5.84. The first-order chi connectivity index (χ1) is 12.5. The third kappa shape index (κ3) is 3.12.